The number of hydrogen-bond donors (Lipinski definition) is 3. The summed E-state index contributed by atoms with van der Waals surface area (Å²) in [5.74, 6) is -0.214. The van der Waals surface area contributed by atoms with Crippen molar-refractivity contribution in [3.8, 4) is 11.5 Å². The Hall–Kier alpha value is -3.07. The maximum absolute atomic E-state index is 12.4. The van der Waals surface area contributed by atoms with E-state index in [2.05, 4.69) is 32.1 Å². The van der Waals surface area contributed by atoms with Crippen molar-refractivity contribution in [1.29, 1.82) is 0 Å². The quantitative estimate of drug-likeness (QED) is 0.462. The highest BCUT2D eigenvalue weighted by molar-refractivity contribution is 9.10. The lowest BCUT2D eigenvalue weighted by Gasteiger charge is -2.15. The van der Waals surface area contributed by atoms with Crippen molar-refractivity contribution in [3.05, 3.63) is 52.5 Å². The Bertz CT molecular complexity index is 916. The molecule has 0 fully saturated rings. The second kappa shape index (κ2) is 11.9. The second-order valence-electron chi connectivity index (χ2n) is 6.81. The summed E-state index contributed by atoms with van der Waals surface area (Å²) in [6.07, 6.45) is -0.235. The molecule has 0 saturated heterocycles. The summed E-state index contributed by atoms with van der Waals surface area (Å²) < 4.78 is 11.7. The van der Waals surface area contributed by atoms with Crippen molar-refractivity contribution < 1.29 is 23.9 Å². The maximum Gasteiger partial charge on any atom is 0.273 e. The minimum atomic E-state index is -0.524. The first kappa shape index (κ1) is 24.2. The molecule has 0 aliphatic carbocycles. The maximum atomic E-state index is 12.4. The summed E-state index contributed by atoms with van der Waals surface area (Å²) >= 11 is 3.32. The Morgan fingerprint density at radius 3 is 2.29 bits per heavy atom. The molecular weight excluding hydrogens is 466 g/mol. The number of hydrazine groups is 1. The fourth-order valence-corrected chi connectivity index (χ4v) is 2.91. The van der Waals surface area contributed by atoms with E-state index < -0.39 is 11.8 Å². The third-order valence-corrected chi connectivity index (χ3v) is 4.39. The Balaban J connectivity index is 1.80. The number of halogens is 1. The Kier molecular flexibility index (Phi) is 9.33. The molecule has 0 atom stereocenters. The molecule has 9 heteroatoms. The number of carbonyl (C=O) groups is 3. The van der Waals surface area contributed by atoms with Gasteiger partial charge in [-0.1, -0.05) is 15.9 Å². The molecule has 0 radical (unpaired) electrons. The highest BCUT2D eigenvalue weighted by atomic mass is 79.9. The third kappa shape index (κ3) is 8.29. The monoisotopic (exact) mass is 491 g/mol. The molecule has 166 valence electrons. The molecule has 31 heavy (non-hydrogen) atoms. The average molecular weight is 492 g/mol. The molecule has 8 nitrogen and oxygen atoms in total. The number of hydrogen-bond acceptors (Lipinski definition) is 5. The van der Waals surface area contributed by atoms with Crippen molar-refractivity contribution in [3.63, 3.8) is 0 Å². The van der Waals surface area contributed by atoms with E-state index >= 15 is 0 Å². The average Bonchev–Trinajstić information content (AvgIpc) is 2.73. The summed E-state index contributed by atoms with van der Waals surface area (Å²) in [4.78, 5) is 36.5. The molecule has 3 N–H and O–H groups in total. The third-order valence-electron chi connectivity index (χ3n) is 3.89. The van der Waals surface area contributed by atoms with Gasteiger partial charge in [0.1, 0.15) is 11.5 Å². The molecule has 0 saturated carbocycles. The van der Waals surface area contributed by atoms with Crippen molar-refractivity contribution in [2.24, 2.45) is 0 Å². The van der Waals surface area contributed by atoms with Gasteiger partial charge < -0.3 is 14.8 Å². The second-order valence-corrected chi connectivity index (χ2v) is 7.73. The predicted molar refractivity (Wildman–Crippen MR) is 121 cm³/mol. The fourth-order valence-electron chi connectivity index (χ4n) is 2.54. The van der Waals surface area contributed by atoms with Gasteiger partial charge in [-0.05, 0) is 63.2 Å². The molecule has 0 heterocycles. The molecule has 0 bridgehead atoms. The van der Waals surface area contributed by atoms with Gasteiger partial charge in [0.05, 0.1) is 18.3 Å². The van der Waals surface area contributed by atoms with Gasteiger partial charge in [-0.3, -0.25) is 25.2 Å². The first-order valence-electron chi connectivity index (χ1n) is 9.86. The number of benzene rings is 2. The van der Waals surface area contributed by atoms with Crippen LogP contribution in [0.25, 0.3) is 0 Å². The van der Waals surface area contributed by atoms with Crippen LogP contribution in [0.1, 0.15) is 44.0 Å². The van der Waals surface area contributed by atoms with E-state index in [0.29, 0.717) is 28.3 Å². The van der Waals surface area contributed by atoms with Crippen molar-refractivity contribution in [2.75, 3.05) is 11.9 Å². The lowest BCUT2D eigenvalue weighted by Crippen LogP contribution is -2.42. The molecule has 0 aromatic heterocycles. The molecular formula is C22H26BrN3O5. The van der Waals surface area contributed by atoms with E-state index in [4.69, 9.17) is 9.47 Å². The standard InChI is InChI=1S/C22H26BrN3O5/c1-4-30-17-8-6-16(7-9-17)24-20(27)11-12-21(28)25-26-22(29)18-13-15(23)5-10-19(18)31-14(2)3/h5-10,13-14H,4,11-12H2,1-3H3,(H,24,27)(H,25,28)(H,26,29). The van der Waals surface area contributed by atoms with Crippen LogP contribution < -0.4 is 25.6 Å². The summed E-state index contributed by atoms with van der Waals surface area (Å²) in [5.41, 5.74) is 5.54. The Labute approximate surface area is 189 Å². The van der Waals surface area contributed by atoms with Gasteiger partial charge in [0, 0.05) is 23.0 Å². The van der Waals surface area contributed by atoms with E-state index in [1.165, 1.54) is 0 Å². The smallest absolute Gasteiger partial charge is 0.273 e. The van der Waals surface area contributed by atoms with E-state index in [0.717, 1.165) is 0 Å². The number of anilines is 1. The number of rotatable bonds is 9. The minimum absolute atomic E-state index is 0.0342. The van der Waals surface area contributed by atoms with Gasteiger partial charge in [0.2, 0.25) is 11.8 Å². The SMILES string of the molecule is CCOc1ccc(NC(=O)CCC(=O)NNC(=O)c2cc(Br)ccc2OC(C)C)cc1. The lowest BCUT2D eigenvalue weighted by atomic mass is 10.2. The largest absolute Gasteiger partial charge is 0.494 e. The van der Waals surface area contributed by atoms with Crippen LogP contribution in [0.4, 0.5) is 5.69 Å². The van der Waals surface area contributed by atoms with Gasteiger partial charge in [0.25, 0.3) is 5.91 Å². The molecule has 0 spiro atoms. The number of nitrogens with one attached hydrogen (secondary N) is 3. The van der Waals surface area contributed by atoms with Crippen molar-refractivity contribution >= 4 is 39.3 Å². The molecule has 2 rings (SSSR count). The Morgan fingerprint density at radius 2 is 1.65 bits per heavy atom. The highest BCUT2D eigenvalue weighted by Crippen LogP contribution is 2.24. The summed E-state index contributed by atoms with van der Waals surface area (Å²) in [5, 5.41) is 2.71. The van der Waals surface area contributed by atoms with Crippen LogP contribution in [0.5, 0.6) is 11.5 Å². The molecule has 3 amide bonds. The summed E-state index contributed by atoms with van der Waals surface area (Å²) in [7, 11) is 0. The van der Waals surface area contributed by atoms with E-state index in [-0.39, 0.29) is 30.4 Å². The van der Waals surface area contributed by atoms with E-state index in [9.17, 15) is 14.4 Å². The zero-order valence-corrected chi connectivity index (χ0v) is 19.2. The molecule has 0 unspecified atom stereocenters. The topological polar surface area (TPSA) is 106 Å². The highest BCUT2D eigenvalue weighted by Gasteiger charge is 2.15. The van der Waals surface area contributed by atoms with Crippen LogP contribution >= 0.6 is 15.9 Å². The number of amides is 3. The zero-order chi connectivity index (χ0) is 22.8. The van der Waals surface area contributed by atoms with Crippen LogP contribution in [-0.2, 0) is 9.59 Å². The zero-order valence-electron chi connectivity index (χ0n) is 17.7. The minimum Gasteiger partial charge on any atom is -0.494 e. The summed E-state index contributed by atoms with van der Waals surface area (Å²) in [6.45, 7) is 6.15. The van der Waals surface area contributed by atoms with Gasteiger partial charge >= 0.3 is 0 Å². The van der Waals surface area contributed by atoms with Crippen molar-refractivity contribution in [2.45, 2.75) is 39.7 Å². The van der Waals surface area contributed by atoms with Crippen LogP contribution in [-0.4, -0.2) is 30.4 Å². The lowest BCUT2D eigenvalue weighted by molar-refractivity contribution is -0.124. The molecule has 2 aromatic carbocycles. The van der Waals surface area contributed by atoms with Crippen LogP contribution in [0.2, 0.25) is 0 Å². The summed E-state index contributed by atoms with van der Waals surface area (Å²) in [6, 6.07) is 12.0. The normalized spacial score (nSPS) is 10.4. The van der Waals surface area contributed by atoms with E-state index in [1.54, 1.807) is 42.5 Å². The predicted octanol–water partition coefficient (Wildman–Crippen LogP) is 3.81. The fraction of sp³-hybridized carbons (Fsp3) is 0.318. The first-order chi connectivity index (χ1) is 14.8. The van der Waals surface area contributed by atoms with Crippen molar-refractivity contribution in [1.82, 2.24) is 10.9 Å². The van der Waals surface area contributed by atoms with Gasteiger partial charge in [0.15, 0.2) is 0 Å². The van der Waals surface area contributed by atoms with Gasteiger partial charge in [-0.2, -0.15) is 0 Å². The van der Waals surface area contributed by atoms with Gasteiger partial charge in [-0.25, -0.2) is 0 Å². The van der Waals surface area contributed by atoms with E-state index in [1.807, 2.05) is 20.8 Å². The first-order valence-corrected chi connectivity index (χ1v) is 10.7. The molecule has 0 aliphatic rings. The van der Waals surface area contributed by atoms with Gasteiger partial charge in [-0.15, -0.1) is 0 Å². The van der Waals surface area contributed by atoms with Crippen LogP contribution in [0.3, 0.4) is 0 Å². The number of carbonyl (C=O) groups excluding carboxylic acids is 3. The Morgan fingerprint density at radius 1 is 0.968 bits per heavy atom. The molecule has 0 aliphatic heterocycles. The van der Waals surface area contributed by atoms with Crippen LogP contribution in [0.15, 0.2) is 46.9 Å². The van der Waals surface area contributed by atoms with Crippen LogP contribution in [0, 0.1) is 0 Å². The number of ether oxygens (including phenoxy) is 2. The molecule has 2 aromatic rings.